The van der Waals surface area contributed by atoms with E-state index in [1.54, 1.807) is 7.11 Å². The summed E-state index contributed by atoms with van der Waals surface area (Å²) in [4.78, 5) is 0. The van der Waals surface area contributed by atoms with Crippen LogP contribution in [-0.4, -0.2) is 16.9 Å². The third kappa shape index (κ3) is 2.45. The fourth-order valence-corrected chi connectivity index (χ4v) is 1.25. The zero-order valence-electron chi connectivity index (χ0n) is 8.25. The minimum atomic E-state index is 0.392. The molecule has 1 aromatic heterocycles. The van der Waals surface area contributed by atoms with Crippen molar-refractivity contribution < 1.29 is 4.74 Å². The summed E-state index contributed by atoms with van der Waals surface area (Å²) in [6.07, 6.45) is 2.90. The van der Waals surface area contributed by atoms with Crippen LogP contribution in [0.15, 0.2) is 6.20 Å². The molecule has 0 aromatic carbocycles. The van der Waals surface area contributed by atoms with Crippen molar-refractivity contribution in [1.29, 1.82) is 0 Å². The number of methoxy groups -OCH3 is 1. The minimum Gasteiger partial charge on any atom is -0.378 e. The summed E-state index contributed by atoms with van der Waals surface area (Å²) < 4.78 is 6.86. The lowest BCUT2D eigenvalue weighted by molar-refractivity contribution is 0.180. The van der Waals surface area contributed by atoms with E-state index in [0.717, 1.165) is 12.1 Å². The van der Waals surface area contributed by atoms with Gasteiger partial charge in [0.25, 0.3) is 0 Å². The Morgan fingerprint density at radius 2 is 2.38 bits per heavy atom. The predicted octanol–water partition coefficient (Wildman–Crippen LogP) is 2.65. The van der Waals surface area contributed by atoms with Crippen LogP contribution in [0.4, 0.5) is 0 Å². The molecular formula is C9H15ClN2O. The second kappa shape index (κ2) is 4.63. The van der Waals surface area contributed by atoms with Crippen LogP contribution in [0.5, 0.6) is 0 Å². The first-order valence-corrected chi connectivity index (χ1v) is 4.79. The number of hydrogen-bond acceptors (Lipinski definition) is 2. The van der Waals surface area contributed by atoms with Crippen LogP contribution in [0, 0.1) is 0 Å². The van der Waals surface area contributed by atoms with Gasteiger partial charge in [0.2, 0.25) is 0 Å². The standard InChI is InChI=1S/C9H15ClN2O/c1-4-7(2)12-5-8(10)9(11-12)6-13-3/h5,7H,4,6H2,1-3H3. The summed E-state index contributed by atoms with van der Waals surface area (Å²) in [7, 11) is 1.64. The fraction of sp³-hybridized carbons (Fsp3) is 0.667. The maximum Gasteiger partial charge on any atom is 0.107 e. The van der Waals surface area contributed by atoms with Crippen molar-refractivity contribution in [2.75, 3.05) is 7.11 Å². The molecule has 0 N–H and O–H groups in total. The van der Waals surface area contributed by atoms with Crippen molar-refractivity contribution in [3.8, 4) is 0 Å². The first-order chi connectivity index (χ1) is 6.19. The van der Waals surface area contributed by atoms with Crippen LogP contribution in [-0.2, 0) is 11.3 Å². The highest BCUT2D eigenvalue weighted by Gasteiger charge is 2.09. The smallest absolute Gasteiger partial charge is 0.107 e. The normalized spacial score (nSPS) is 13.2. The topological polar surface area (TPSA) is 27.1 Å². The van der Waals surface area contributed by atoms with Gasteiger partial charge in [0.05, 0.1) is 11.6 Å². The molecular weight excluding hydrogens is 188 g/mol. The Balaban J connectivity index is 2.81. The van der Waals surface area contributed by atoms with Gasteiger partial charge in [-0.25, -0.2) is 0 Å². The van der Waals surface area contributed by atoms with Crippen molar-refractivity contribution in [2.24, 2.45) is 0 Å². The van der Waals surface area contributed by atoms with E-state index >= 15 is 0 Å². The first-order valence-electron chi connectivity index (χ1n) is 4.41. The predicted molar refractivity (Wildman–Crippen MR) is 53.0 cm³/mol. The van der Waals surface area contributed by atoms with Crippen molar-refractivity contribution >= 4 is 11.6 Å². The van der Waals surface area contributed by atoms with E-state index in [9.17, 15) is 0 Å². The van der Waals surface area contributed by atoms with Gasteiger partial charge in [-0.2, -0.15) is 5.10 Å². The van der Waals surface area contributed by atoms with Crippen LogP contribution in [0.2, 0.25) is 5.02 Å². The van der Waals surface area contributed by atoms with Crippen LogP contribution < -0.4 is 0 Å². The van der Waals surface area contributed by atoms with Crippen LogP contribution >= 0.6 is 11.6 Å². The molecule has 1 rings (SSSR count). The van der Waals surface area contributed by atoms with Gasteiger partial charge in [-0.3, -0.25) is 4.68 Å². The molecule has 0 aliphatic rings. The van der Waals surface area contributed by atoms with E-state index in [1.165, 1.54) is 0 Å². The van der Waals surface area contributed by atoms with E-state index in [1.807, 2.05) is 10.9 Å². The summed E-state index contributed by atoms with van der Waals surface area (Å²) in [6, 6.07) is 0.392. The largest absolute Gasteiger partial charge is 0.378 e. The zero-order chi connectivity index (χ0) is 9.84. The molecule has 0 bridgehead atoms. The molecule has 0 saturated heterocycles. The zero-order valence-corrected chi connectivity index (χ0v) is 9.01. The average Bonchev–Trinajstić information content (AvgIpc) is 2.47. The van der Waals surface area contributed by atoms with E-state index < -0.39 is 0 Å². The Bertz CT molecular complexity index is 273. The van der Waals surface area contributed by atoms with E-state index in [4.69, 9.17) is 16.3 Å². The summed E-state index contributed by atoms with van der Waals surface area (Å²) in [6.45, 7) is 4.71. The average molecular weight is 203 g/mol. The van der Waals surface area contributed by atoms with E-state index in [0.29, 0.717) is 17.7 Å². The quantitative estimate of drug-likeness (QED) is 0.751. The van der Waals surface area contributed by atoms with Crippen LogP contribution in [0.1, 0.15) is 32.0 Å². The molecule has 0 aliphatic carbocycles. The highest BCUT2D eigenvalue weighted by Crippen LogP contribution is 2.18. The molecule has 4 heteroatoms. The van der Waals surface area contributed by atoms with Gasteiger partial charge in [-0.15, -0.1) is 0 Å². The molecule has 74 valence electrons. The maximum atomic E-state index is 5.96. The van der Waals surface area contributed by atoms with Gasteiger partial charge < -0.3 is 4.74 Å². The number of nitrogens with zero attached hydrogens (tertiary/aromatic N) is 2. The number of halogens is 1. The SMILES string of the molecule is CCC(C)n1cc(Cl)c(COC)n1. The molecule has 0 spiro atoms. The Kier molecular flexibility index (Phi) is 3.75. The maximum absolute atomic E-state index is 5.96. The highest BCUT2D eigenvalue weighted by molar-refractivity contribution is 6.31. The molecule has 1 aromatic rings. The lowest BCUT2D eigenvalue weighted by atomic mass is 10.3. The summed E-state index contributed by atoms with van der Waals surface area (Å²) in [5.41, 5.74) is 0.810. The molecule has 0 aliphatic heterocycles. The van der Waals surface area contributed by atoms with Gasteiger partial charge in [-0.1, -0.05) is 18.5 Å². The lowest BCUT2D eigenvalue weighted by Gasteiger charge is -2.07. The third-order valence-corrected chi connectivity index (χ3v) is 2.40. The summed E-state index contributed by atoms with van der Waals surface area (Å²) in [5.74, 6) is 0. The van der Waals surface area contributed by atoms with Gasteiger partial charge in [0, 0.05) is 19.3 Å². The Hall–Kier alpha value is -0.540. The Morgan fingerprint density at radius 1 is 1.69 bits per heavy atom. The van der Waals surface area contributed by atoms with Gasteiger partial charge in [-0.05, 0) is 13.3 Å². The monoisotopic (exact) mass is 202 g/mol. The molecule has 0 amide bonds. The molecule has 1 heterocycles. The second-order valence-electron chi connectivity index (χ2n) is 3.09. The van der Waals surface area contributed by atoms with Crippen LogP contribution in [0.3, 0.4) is 0 Å². The molecule has 3 nitrogen and oxygen atoms in total. The second-order valence-corrected chi connectivity index (χ2v) is 3.50. The molecule has 1 unspecified atom stereocenters. The molecule has 0 saturated carbocycles. The Labute approximate surface area is 83.6 Å². The summed E-state index contributed by atoms with van der Waals surface area (Å²) in [5, 5.41) is 5.01. The highest BCUT2D eigenvalue weighted by atomic mass is 35.5. The van der Waals surface area contributed by atoms with Gasteiger partial charge >= 0.3 is 0 Å². The van der Waals surface area contributed by atoms with Crippen LogP contribution in [0.25, 0.3) is 0 Å². The molecule has 0 fully saturated rings. The van der Waals surface area contributed by atoms with Crippen molar-refractivity contribution in [2.45, 2.75) is 32.9 Å². The third-order valence-electron chi connectivity index (χ3n) is 2.08. The van der Waals surface area contributed by atoms with Gasteiger partial charge in [0.15, 0.2) is 0 Å². The van der Waals surface area contributed by atoms with Gasteiger partial charge in [0.1, 0.15) is 5.69 Å². The Morgan fingerprint density at radius 3 is 2.92 bits per heavy atom. The van der Waals surface area contributed by atoms with E-state index in [2.05, 4.69) is 18.9 Å². The first kappa shape index (κ1) is 10.5. The minimum absolute atomic E-state index is 0.392. The number of aromatic nitrogens is 2. The number of rotatable bonds is 4. The van der Waals surface area contributed by atoms with Crippen molar-refractivity contribution in [1.82, 2.24) is 9.78 Å². The van der Waals surface area contributed by atoms with Crippen molar-refractivity contribution in [3.05, 3.63) is 16.9 Å². The molecule has 13 heavy (non-hydrogen) atoms. The number of ether oxygens (including phenoxy) is 1. The number of hydrogen-bond donors (Lipinski definition) is 0. The fourth-order valence-electron chi connectivity index (χ4n) is 1.05. The molecule has 1 atom stereocenters. The lowest BCUT2D eigenvalue weighted by Crippen LogP contribution is -2.04. The molecule has 0 radical (unpaired) electrons. The van der Waals surface area contributed by atoms with Crippen molar-refractivity contribution in [3.63, 3.8) is 0 Å². The summed E-state index contributed by atoms with van der Waals surface area (Å²) >= 11 is 5.96. The van der Waals surface area contributed by atoms with E-state index in [-0.39, 0.29) is 0 Å².